The number of nitrogens with zero attached hydrogens (tertiary/aromatic N) is 3. The highest BCUT2D eigenvalue weighted by Crippen LogP contribution is 2.27. The number of aromatic nitrogens is 1. The molecule has 1 fully saturated rings. The number of aliphatic carboxylic acids is 1. The molecule has 1 saturated heterocycles. The van der Waals surface area contributed by atoms with Crippen LogP contribution in [0.4, 0.5) is 0 Å². The first-order valence-electron chi connectivity index (χ1n) is 8.44. The number of carboxylic acids is 1. The number of thiazole rings is 1. The molecule has 140 valence electrons. The highest BCUT2D eigenvalue weighted by molar-refractivity contribution is 7.15. The van der Waals surface area contributed by atoms with Crippen molar-refractivity contribution in [3.8, 4) is 10.6 Å². The molecule has 0 amide bonds. The van der Waals surface area contributed by atoms with Gasteiger partial charge in [0.25, 0.3) is 0 Å². The van der Waals surface area contributed by atoms with Gasteiger partial charge in [0.1, 0.15) is 5.01 Å². The summed E-state index contributed by atoms with van der Waals surface area (Å²) in [4.78, 5) is 20.6. The van der Waals surface area contributed by atoms with Crippen molar-refractivity contribution in [1.82, 2.24) is 14.8 Å². The summed E-state index contributed by atoms with van der Waals surface area (Å²) in [7, 11) is 1.80. The van der Waals surface area contributed by atoms with Gasteiger partial charge < -0.3 is 9.84 Å². The molecule has 2 heterocycles. The molecule has 1 atom stereocenters. The van der Waals surface area contributed by atoms with E-state index in [9.17, 15) is 4.79 Å². The van der Waals surface area contributed by atoms with E-state index in [1.54, 1.807) is 23.3 Å². The summed E-state index contributed by atoms with van der Waals surface area (Å²) in [5.41, 5.74) is 1.07. The second-order valence-electron chi connectivity index (χ2n) is 6.46. The Balaban J connectivity index is 1.55. The smallest absolute Gasteiger partial charge is 0.317 e. The lowest BCUT2D eigenvalue weighted by Crippen LogP contribution is -2.47. The molecule has 1 aliphatic heterocycles. The number of ether oxygens (including phenoxy) is 1. The molecular formula is C18H22ClN3O3S. The highest BCUT2D eigenvalue weighted by Gasteiger charge is 2.23. The fourth-order valence-corrected chi connectivity index (χ4v) is 4.09. The molecule has 0 aliphatic carbocycles. The van der Waals surface area contributed by atoms with Crippen LogP contribution in [0.15, 0.2) is 30.5 Å². The van der Waals surface area contributed by atoms with Crippen LogP contribution in [0.2, 0.25) is 5.02 Å². The van der Waals surface area contributed by atoms with Gasteiger partial charge >= 0.3 is 5.97 Å². The van der Waals surface area contributed by atoms with Crippen LogP contribution in [-0.2, 0) is 16.1 Å². The lowest BCUT2D eigenvalue weighted by atomic mass is 10.2. The molecule has 1 aliphatic rings. The zero-order chi connectivity index (χ0) is 18.5. The predicted octanol–water partition coefficient (Wildman–Crippen LogP) is 2.68. The van der Waals surface area contributed by atoms with Crippen molar-refractivity contribution in [2.45, 2.75) is 12.6 Å². The monoisotopic (exact) mass is 395 g/mol. The van der Waals surface area contributed by atoms with Crippen molar-refractivity contribution in [2.24, 2.45) is 0 Å². The lowest BCUT2D eigenvalue weighted by Gasteiger charge is -2.34. The van der Waals surface area contributed by atoms with Crippen LogP contribution in [0.5, 0.6) is 0 Å². The number of rotatable bonds is 7. The Labute approximate surface area is 162 Å². The van der Waals surface area contributed by atoms with E-state index in [0.29, 0.717) is 13.2 Å². The van der Waals surface area contributed by atoms with E-state index in [0.717, 1.165) is 35.2 Å². The summed E-state index contributed by atoms with van der Waals surface area (Å²) >= 11 is 7.62. The Morgan fingerprint density at radius 2 is 2.23 bits per heavy atom. The second-order valence-corrected chi connectivity index (χ2v) is 8.01. The summed E-state index contributed by atoms with van der Waals surface area (Å²) in [6.45, 7) is 3.79. The average Bonchev–Trinajstić information content (AvgIpc) is 3.03. The normalized spacial score (nSPS) is 18.3. The Bertz CT molecular complexity index is 738. The van der Waals surface area contributed by atoms with Crippen molar-refractivity contribution in [3.63, 3.8) is 0 Å². The summed E-state index contributed by atoms with van der Waals surface area (Å²) in [6, 6.07) is 7.71. The number of benzene rings is 1. The summed E-state index contributed by atoms with van der Waals surface area (Å²) in [5, 5.41) is 10.6. The van der Waals surface area contributed by atoms with Gasteiger partial charge in [-0.25, -0.2) is 4.98 Å². The Kier molecular flexibility index (Phi) is 6.61. The van der Waals surface area contributed by atoms with E-state index in [2.05, 4.69) is 9.88 Å². The minimum absolute atomic E-state index is 0.0248. The molecule has 6 nitrogen and oxygen atoms in total. The third-order valence-corrected chi connectivity index (χ3v) is 5.45. The third-order valence-electron chi connectivity index (χ3n) is 4.17. The average molecular weight is 396 g/mol. The minimum atomic E-state index is -0.820. The van der Waals surface area contributed by atoms with Crippen LogP contribution in [0.3, 0.4) is 0 Å². The number of carbonyl (C=O) groups is 1. The SMILES string of the molecule is CN(CC(=O)O)CC1CN(Cc2cnc(-c3ccc(Cl)cc3)s2)CCO1. The fraction of sp³-hybridized carbons (Fsp3) is 0.444. The minimum Gasteiger partial charge on any atom is -0.480 e. The van der Waals surface area contributed by atoms with E-state index in [4.69, 9.17) is 21.4 Å². The summed E-state index contributed by atoms with van der Waals surface area (Å²) < 4.78 is 5.78. The molecule has 0 saturated carbocycles. The molecule has 0 bridgehead atoms. The predicted molar refractivity (Wildman–Crippen MR) is 103 cm³/mol. The zero-order valence-corrected chi connectivity index (χ0v) is 16.2. The Morgan fingerprint density at radius 3 is 2.96 bits per heavy atom. The molecule has 1 unspecified atom stereocenters. The summed E-state index contributed by atoms with van der Waals surface area (Å²) in [5.74, 6) is -0.820. The quantitative estimate of drug-likeness (QED) is 0.777. The summed E-state index contributed by atoms with van der Waals surface area (Å²) in [6.07, 6.45) is 1.95. The number of hydrogen-bond donors (Lipinski definition) is 1. The second kappa shape index (κ2) is 8.92. The van der Waals surface area contributed by atoms with Crippen LogP contribution >= 0.6 is 22.9 Å². The van der Waals surface area contributed by atoms with Crippen molar-refractivity contribution >= 4 is 28.9 Å². The van der Waals surface area contributed by atoms with Gasteiger partial charge in [-0.05, 0) is 19.2 Å². The Morgan fingerprint density at radius 1 is 1.46 bits per heavy atom. The van der Waals surface area contributed by atoms with E-state index in [1.807, 2.05) is 30.5 Å². The molecule has 26 heavy (non-hydrogen) atoms. The third kappa shape index (κ3) is 5.49. The lowest BCUT2D eigenvalue weighted by molar-refractivity contribution is -0.138. The maximum atomic E-state index is 10.8. The molecule has 8 heteroatoms. The van der Waals surface area contributed by atoms with Gasteiger partial charge in [0, 0.05) is 47.8 Å². The van der Waals surface area contributed by atoms with Crippen molar-refractivity contribution in [3.05, 3.63) is 40.4 Å². The van der Waals surface area contributed by atoms with E-state index < -0.39 is 5.97 Å². The first kappa shape index (κ1) is 19.3. The van der Waals surface area contributed by atoms with Crippen molar-refractivity contribution in [2.75, 3.05) is 39.8 Å². The van der Waals surface area contributed by atoms with Gasteiger partial charge in [-0.1, -0.05) is 23.7 Å². The number of hydrogen-bond acceptors (Lipinski definition) is 6. The topological polar surface area (TPSA) is 65.9 Å². The number of carboxylic acid groups (broad SMARTS) is 1. The van der Waals surface area contributed by atoms with Crippen LogP contribution in [0.25, 0.3) is 10.6 Å². The number of likely N-dealkylation sites (N-methyl/N-ethyl adjacent to an activating group) is 1. The van der Waals surface area contributed by atoms with Gasteiger partial charge in [-0.2, -0.15) is 0 Å². The first-order valence-corrected chi connectivity index (χ1v) is 9.64. The van der Waals surface area contributed by atoms with E-state index >= 15 is 0 Å². The highest BCUT2D eigenvalue weighted by atomic mass is 35.5. The maximum absolute atomic E-state index is 10.8. The van der Waals surface area contributed by atoms with Crippen LogP contribution in [0, 0.1) is 0 Å². The standard InChI is InChI=1S/C18H22ClN3O3S/c1-21(12-17(23)24)9-15-10-22(6-7-25-15)11-16-8-20-18(26-16)13-2-4-14(19)5-3-13/h2-5,8,15H,6-7,9-12H2,1H3,(H,23,24). The molecule has 1 N–H and O–H groups in total. The van der Waals surface area contributed by atoms with Gasteiger partial charge in [-0.15, -0.1) is 11.3 Å². The number of morpholine rings is 1. The van der Waals surface area contributed by atoms with Gasteiger partial charge in [0.05, 0.1) is 19.3 Å². The molecule has 0 radical (unpaired) electrons. The zero-order valence-electron chi connectivity index (χ0n) is 14.6. The molecule has 1 aromatic heterocycles. The number of halogens is 1. The largest absolute Gasteiger partial charge is 0.480 e. The first-order chi connectivity index (χ1) is 12.5. The van der Waals surface area contributed by atoms with Crippen LogP contribution < -0.4 is 0 Å². The molecular weight excluding hydrogens is 374 g/mol. The molecule has 3 rings (SSSR count). The molecule has 1 aromatic carbocycles. The van der Waals surface area contributed by atoms with E-state index in [-0.39, 0.29) is 12.6 Å². The molecule has 2 aromatic rings. The Hall–Kier alpha value is -1.51. The van der Waals surface area contributed by atoms with Crippen molar-refractivity contribution < 1.29 is 14.6 Å². The van der Waals surface area contributed by atoms with Crippen LogP contribution in [0.1, 0.15) is 4.88 Å². The van der Waals surface area contributed by atoms with Gasteiger partial charge in [-0.3, -0.25) is 14.6 Å². The van der Waals surface area contributed by atoms with Crippen LogP contribution in [-0.4, -0.2) is 71.8 Å². The van der Waals surface area contributed by atoms with E-state index in [1.165, 1.54) is 4.88 Å². The van der Waals surface area contributed by atoms with Gasteiger partial charge in [0.15, 0.2) is 0 Å². The maximum Gasteiger partial charge on any atom is 0.317 e. The fourth-order valence-electron chi connectivity index (χ4n) is 3.00. The van der Waals surface area contributed by atoms with Gasteiger partial charge in [0.2, 0.25) is 0 Å². The molecule has 0 spiro atoms. The van der Waals surface area contributed by atoms with Crippen molar-refractivity contribution in [1.29, 1.82) is 0 Å².